The van der Waals surface area contributed by atoms with Crippen LogP contribution in [0.5, 0.6) is 0 Å². The smallest absolute Gasteiger partial charge is 0.243 e. The fraction of sp³-hybridized carbons (Fsp3) is 0.182. The highest BCUT2D eigenvalue weighted by Crippen LogP contribution is 2.29. The molecule has 6 nitrogen and oxygen atoms in total. The Morgan fingerprint density at radius 2 is 1.84 bits per heavy atom. The third kappa shape index (κ3) is 6.04. The number of carbonyl (C=O) groups is 1. The van der Waals surface area contributed by atoms with E-state index in [0.717, 1.165) is 11.3 Å². The molecule has 2 aromatic carbocycles. The average molecular weight is 474 g/mol. The summed E-state index contributed by atoms with van der Waals surface area (Å²) in [6, 6.07) is 14.7. The number of nitrogens with zero attached hydrogens (tertiary/aromatic N) is 2. The van der Waals surface area contributed by atoms with Gasteiger partial charge in [-0.15, -0.1) is 24.9 Å². The number of anilines is 1. The molecule has 0 saturated heterocycles. The molecule has 162 valence electrons. The largest absolute Gasteiger partial charge is 0.301 e. The first kappa shape index (κ1) is 23.2. The van der Waals surface area contributed by atoms with E-state index in [2.05, 4.69) is 23.5 Å². The Labute approximate surface area is 190 Å². The van der Waals surface area contributed by atoms with Crippen molar-refractivity contribution >= 4 is 54.4 Å². The van der Waals surface area contributed by atoms with E-state index in [1.165, 1.54) is 45.6 Å². The molecule has 0 bridgehead atoms. The minimum Gasteiger partial charge on any atom is -0.301 e. The van der Waals surface area contributed by atoms with Gasteiger partial charge in [-0.3, -0.25) is 4.79 Å². The van der Waals surface area contributed by atoms with E-state index in [1.54, 1.807) is 12.1 Å². The molecule has 3 aromatic rings. The van der Waals surface area contributed by atoms with Crippen molar-refractivity contribution in [2.24, 2.45) is 0 Å². The molecule has 1 heterocycles. The van der Waals surface area contributed by atoms with Crippen molar-refractivity contribution in [2.45, 2.75) is 10.6 Å². The lowest BCUT2D eigenvalue weighted by Crippen LogP contribution is -2.31. The van der Waals surface area contributed by atoms with Crippen molar-refractivity contribution in [2.75, 3.05) is 24.2 Å². The van der Waals surface area contributed by atoms with Gasteiger partial charge < -0.3 is 5.32 Å². The lowest BCUT2D eigenvalue weighted by molar-refractivity contribution is -0.113. The molecule has 0 saturated carbocycles. The highest BCUT2D eigenvalue weighted by atomic mass is 32.2. The van der Waals surface area contributed by atoms with E-state index >= 15 is 0 Å². The van der Waals surface area contributed by atoms with Crippen LogP contribution >= 0.6 is 23.1 Å². The number of aromatic nitrogens is 1. The highest BCUT2D eigenvalue weighted by Gasteiger charge is 2.23. The van der Waals surface area contributed by atoms with Crippen LogP contribution < -0.4 is 5.32 Å². The molecule has 0 unspecified atom stereocenters. The Balaban J connectivity index is 1.68. The maximum atomic E-state index is 12.9. The van der Waals surface area contributed by atoms with E-state index in [9.17, 15) is 13.2 Å². The quantitative estimate of drug-likeness (QED) is 0.414. The topological polar surface area (TPSA) is 79.4 Å². The van der Waals surface area contributed by atoms with E-state index in [0.29, 0.717) is 21.1 Å². The minimum absolute atomic E-state index is 0.143. The first-order valence-electron chi connectivity index (χ1n) is 9.48. The summed E-state index contributed by atoms with van der Waals surface area (Å²) < 4.78 is 27.8. The van der Waals surface area contributed by atoms with Gasteiger partial charge in [0.25, 0.3) is 0 Å². The lowest BCUT2D eigenvalue weighted by atomic mass is 10.2. The molecular weight excluding hydrogens is 450 g/mol. The van der Waals surface area contributed by atoms with E-state index in [1.807, 2.05) is 30.3 Å². The molecule has 3 rings (SSSR count). The Morgan fingerprint density at radius 3 is 2.52 bits per heavy atom. The number of amides is 1. The van der Waals surface area contributed by atoms with Gasteiger partial charge in [-0.2, -0.15) is 4.31 Å². The summed E-state index contributed by atoms with van der Waals surface area (Å²) in [5.41, 5.74) is 1.80. The van der Waals surface area contributed by atoms with Crippen molar-refractivity contribution in [1.82, 2.24) is 9.29 Å². The fourth-order valence-corrected chi connectivity index (χ4v) is 6.01. The van der Waals surface area contributed by atoms with Gasteiger partial charge in [0.2, 0.25) is 15.9 Å². The van der Waals surface area contributed by atoms with Crippen LogP contribution in [0.15, 0.2) is 78.7 Å². The number of hydrogen-bond donors (Lipinski definition) is 1. The van der Waals surface area contributed by atoms with Crippen molar-refractivity contribution in [3.8, 4) is 0 Å². The van der Waals surface area contributed by atoms with Gasteiger partial charge in [-0.1, -0.05) is 53.8 Å². The van der Waals surface area contributed by atoms with Gasteiger partial charge >= 0.3 is 0 Å². The molecule has 0 aliphatic rings. The van der Waals surface area contributed by atoms with Crippen LogP contribution in [0.4, 0.5) is 5.13 Å². The normalized spacial score (nSPS) is 11.5. The van der Waals surface area contributed by atoms with Crippen LogP contribution in [-0.4, -0.2) is 42.5 Å². The van der Waals surface area contributed by atoms with Crippen LogP contribution in [0, 0.1) is 0 Å². The molecule has 31 heavy (non-hydrogen) atoms. The van der Waals surface area contributed by atoms with Crippen LogP contribution in [0.25, 0.3) is 10.2 Å². The molecule has 0 aliphatic carbocycles. The number of sulfonamides is 1. The summed E-state index contributed by atoms with van der Waals surface area (Å²) >= 11 is 2.77. The summed E-state index contributed by atoms with van der Waals surface area (Å²) in [4.78, 5) is 16.8. The maximum Gasteiger partial charge on any atom is 0.243 e. The number of thiazole rings is 1. The van der Waals surface area contributed by atoms with Gasteiger partial charge in [0.05, 0.1) is 20.9 Å². The zero-order valence-electron chi connectivity index (χ0n) is 16.9. The van der Waals surface area contributed by atoms with Gasteiger partial charge in [0.15, 0.2) is 5.13 Å². The van der Waals surface area contributed by atoms with Crippen LogP contribution in [0.3, 0.4) is 0 Å². The van der Waals surface area contributed by atoms with Gasteiger partial charge in [0.1, 0.15) is 0 Å². The Hall–Kier alpha value is -2.46. The number of fused-ring (bicyclic) bond motifs is 1. The van der Waals surface area contributed by atoms with E-state index in [-0.39, 0.29) is 23.9 Å². The van der Waals surface area contributed by atoms with Gasteiger partial charge in [0, 0.05) is 18.8 Å². The average Bonchev–Trinajstić information content (AvgIpc) is 3.15. The highest BCUT2D eigenvalue weighted by molar-refractivity contribution is 7.99. The molecule has 0 atom stereocenters. The molecule has 9 heteroatoms. The fourth-order valence-electron chi connectivity index (χ4n) is 2.82. The van der Waals surface area contributed by atoms with E-state index in [4.69, 9.17) is 0 Å². The lowest BCUT2D eigenvalue weighted by Gasteiger charge is -2.18. The first-order valence-corrected chi connectivity index (χ1v) is 12.9. The van der Waals surface area contributed by atoms with Gasteiger partial charge in [-0.05, 0) is 23.8 Å². The SMILES string of the molecule is C=CCN(CC=C)S(=O)(=O)c1ccc2nc(NC(=O)CSCc3ccccc3)sc2c1. The number of benzene rings is 2. The molecule has 0 spiro atoms. The van der Waals surface area contributed by atoms with Crippen molar-refractivity contribution in [1.29, 1.82) is 0 Å². The zero-order chi connectivity index (χ0) is 22.3. The van der Waals surface area contributed by atoms with Crippen LogP contribution in [0.2, 0.25) is 0 Å². The third-order valence-electron chi connectivity index (χ3n) is 4.25. The standard InChI is InChI=1S/C22H23N3O3S3/c1-3-12-25(13-4-2)31(27,28)18-10-11-19-20(14-18)30-22(23-19)24-21(26)16-29-15-17-8-6-5-7-9-17/h3-11,14H,1-2,12-13,15-16H2,(H,23,24,26). The summed E-state index contributed by atoms with van der Waals surface area (Å²) in [6.45, 7) is 7.62. The minimum atomic E-state index is -3.69. The molecule has 0 radical (unpaired) electrons. The number of rotatable bonds is 11. The molecule has 0 fully saturated rings. The van der Waals surface area contributed by atoms with Crippen LogP contribution in [0.1, 0.15) is 5.56 Å². The third-order valence-corrected chi connectivity index (χ3v) is 8.02. The van der Waals surface area contributed by atoms with Crippen molar-refractivity contribution < 1.29 is 13.2 Å². The number of hydrogen-bond acceptors (Lipinski definition) is 6. The van der Waals surface area contributed by atoms with Gasteiger partial charge in [-0.25, -0.2) is 13.4 Å². The molecule has 1 amide bonds. The van der Waals surface area contributed by atoms with Crippen LogP contribution in [-0.2, 0) is 20.6 Å². The number of thioether (sulfide) groups is 1. The van der Waals surface area contributed by atoms with E-state index < -0.39 is 10.0 Å². The Morgan fingerprint density at radius 1 is 1.13 bits per heavy atom. The second kappa shape index (κ2) is 10.7. The summed E-state index contributed by atoms with van der Waals surface area (Å²) in [5, 5.41) is 3.25. The summed E-state index contributed by atoms with van der Waals surface area (Å²) in [6.07, 6.45) is 3.07. The number of nitrogens with one attached hydrogen (secondary N) is 1. The Bertz CT molecular complexity index is 1160. The predicted molar refractivity (Wildman–Crippen MR) is 130 cm³/mol. The predicted octanol–water partition coefficient (Wildman–Crippen LogP) is 4.53. The summed E-state index contributed by atoms with van der Waals surface area (Å²) in [5.74, 6) is 0.917. The molecular formula is C22H23N3O3S3. The summed E-state index contributed by atoms with van der Waals surface area (Å²) in [7, 11) is -3.69. The van der Waals surface area contributed by atoms with Crippen molar-refractivity contribution in [3.63, 3.8) is 0 Å². The molecule has 1 aromatic heterocycles. The monoisotopic (exact) mass is 473 g/mol. The second-order valence-electron chi connectivity index (χ2n) is 6.57. The Kier molecular flexibility index (Phi) is 8.03. The maximum absolute atomic E-state index is 12.9. The zero-order valence-corrected chi connectivity index (χ0v) is 19.3. The number of carbonyl (C=O) groups excluding carboxylic acids is 1. The molecule has 0 aliphatic heterocycles. The molecule has 1 N–H and O–H groups in total. The van der Waals surface area contributed by atoms with Crippen molar-refractivity contribution in [3.05, 3.63) is 79.4 Å². The second-order valence-corrected chi connectivity index (χ2v) is 10.5. The first-order chi connectivity index (χ1) is 14.9.